The molecule has 0 aliphatic heterocycles. The van der Waals surface area contributed by atoms with Crippen LogP contribution in [0, 0.1) is 5.41 Å². The highest BCUT2D eigenvalue weighted by Crippen LogP contribution is 2.39. The summed E-state index contributed by atoms with van der Waals surface area (Å²) >= 11 is 0. The zero-order valence-electron chi connectivity index (χ0n) is 8.64. The minimum Gasteiger partial charge on any atom is -0.0654 e. The quantitative estimate of drug-likeness (QED) is 0.642. The molecule has 0 saturated carbocycles. The van der Waals surface area contributed by atoms with Crippen molar-refractivity contribution in [1.29, 1.82) is 0 Å². The average molecular weight is 174 g/mol. The largest absolute Gasteiger partial charge is 0.0654 e. The van der Waals surface area contributed by atoms with Gasteiger partial charge in [-0.1, -0.05) is 44.5 Å². The molecule has 0 saturated heterocycles. The highest BCUT2D eigenvalue weighted by atomic mass is 14.4. The Kier molecular flexibility index (Phi) is 2.15. The van der Waals surface area contributed by atoms with E-state index in [1.807, 2.05) is 0 Å². The van der Waals surface area contributed by atoms with Gasteiger partial charge in [0.05, 0.1) is 0 Å². The summed E-state index contributed by atoms with van der Waals surface area (Å²) in [6, 6.07) is 8.90. The first-order valence-corrected chi connectivity index (χ1v) is 5.30. The van der Waals surface area contributed by atoms with Gasteiger partial charge < -0.3 is 0 Å². The molecule has 0 spiro atoms. The van der Waals surface area contributed by atoms with E-state index in [2.05, 4.69) is 38.1 Å². The zero-order chi connectivity index (χ0) is 9.31. The molecule has 0 N–H and O–H groups in total. The van der Waals surface area contributed by atoms with Crippen LogP contribution in [0.4, 0.5) is 0 Å². The van der Waals surface area contributed by atoms with Gasteiger partial charge in [0.25, 0.3) is 0 Å². The second-order valence-electron chi connectivity index (χ2n) is 4.68. The first kappa shape index (κ1) is 8.80. The van der Waals surface area contributed by atoms with Gasteiger partial charge in [-0.15, -0.1) is 0 Å². The van der Waals surface area contributed by atoms with Gasteiger partial charge in [0.15, 0.2) is 0 Å². The van der Waals surface area contributed by atoms with Crippen LogP contribution in [-0.2, 0) is 12.8 Å². The van der Waals surface area contributed by atoms with Crippen molar-refractivity contribution in [3.05, 3.63) is 35.4 Å². The SMILES string of the molecule is CCCC1(C)Cc2ccccc2C1. The Morgan fingerprint density at radius 3 is 2.15 bits per heavy atom. The van der Waals surface area contributed by atoms with E-state index < -0.39 is 0 Å². The Hall–Kier alpha value is -0.780. The Bertz CT molecular complexity index is 274. The molecule has 0 fully saturated rings. The molecule has 13 heavy (non-hydrogen) atoms. The van der Waals surface area contributed by atoms with Gasteiger partial charge in [0.2, 0.25) is 0 Å². The van der Waals surface area contributed by atoms with Crippen molar-refractivity contribution in [2.24, 2.45) is 5.41 Å². The number of benzene rings is 1. The highest BCUT2D eigenvalue weighted by molar-refractivity contribution is 5.33. The summed E-state index contributed by atoms with van der Waals surface area (Å²) in [6.07, 6.45) is 5.25. The van der Waals surface area contributed by atoms with Gasteiger partial charge in [0, 0.05) is 0 Å². The second kappa shape index (κ2) is 3.17. The summed E-state index contributed by atoms with van der Waals surface area (Å²) in [5, 5.41) is 0. The fourth-order valence-electron chi connectivity index (χ4n) is 2.66. The van der Waals surface area contributed by atoms with Crippen molar-refractivity contribution < 1.29 is 0 Å². The van der Waals surface area contributed by atoms with Gasteiger partial charge in [-0.2, -0.15) is 0 Å². The second-order valence-corrected chi connectivity index (χ2v) is 4.68. The lowest BCUT2D eigenvalue weighted by molar-refractivity contribution is 0.313. The molecule has 0 amide bonds. The van der Waals surface area contributed by atoms with E-state index in [-0.39, 0.29) is 0 Å². The summed E-state index contributed by atoms with van der Waals surface area (Å²) in [6.45, 7) is 4.71. The molecule has 1 aromatic rings. The maximum atomic E-state index is 2.43. The zero-order valence-corrected chi connectivity index (χ0v) is 8.64. The summed E-state index contributed by atoms with van der Waals surface area (Å²) in [4.78, 5) is 0. The van der Waals surface area contributed by atoms with Crippen molar-refractivity contribution in [2.75, 3.05) is 0 Å². The molecular formula is C13H18. The predicted octanol–water partition coefficient (Wildman–Crippen LogP) is 3.59. The Balaban J connectivity index is 2.21. The predicted molar refractivity (Wildman–Crippen MR) is 56.9 cm³/mol. The van der Waals surface area contributed by atoms with E-state index in [1.165, 1.54) is 25.7 Å². The topological polar surface area (TPSA) is 0 Å². The van der Waals surface area contributed by atoms with Crippen LogP contribution in [-0.4, -0.2) is 0 Å². The van der Waals surface area contributed by atoms with Crippen molar-refractivity contribution in [3.63, 3.8) is 0 Å². The van der Waals surface area contributed by atoms with Gasteiger partial charge >= 0.3 is 0 Å². The fourth-order valence-corrected chi connectivity index (χ4v) is 2.66. The van der Waals surface area contributed by atoms with E-state index in [4.69, 9.17) is 0 Å². The molecule has 1 aromatic carbocycles. The monoisotopic (exact) mass is 174 g/mol. The molecule has 0 heteroatoms. The fraction of sp³-hybridized carbons (Fsp3) is 0.538. The average Bonchev–Trinajstić information content (AvgIpc) is 2.40. The Labute approximate surface area is 81.0 Å². The summed E-state index contributed by atoms with van der Waals surface area (Å²) in [7, 11) is 0. The molecular weight excluding hydrogens is 156 g/mol. The maximum Gasteiger partial charge on any atom is -0.0219 e. The molecule has 0 heterocycles. The van der Waals surface area contributed by atoms with Crippen LogP contribution in [0.2, 0.25) is 0 Å². The van der Waals surface area contributed by atoms with Crippen LogP contribution in [0.1, 0.15) is 37.8 Å². The minimum absolute atomic E-state index is 0.554. The van der Waals surface area contributed by atoms with Crippen LogP contribution in [0.15, 0.2) is 24.3 Å². The molecule has 0 nitrogen and oxygen atoms in total. The van der Waals surface area contributed by atoms with Crippen molar-refractivity contribution in [2.45, 2.75) is 39.5 Å². The van der Waals surface area contributed by atoms with Crippen LogP contribution < -0.4 is 0 Å². The maximum absolute atomic E-state index is 2.43. The van der Waals surface area contributed by atoms with E-state index in [0.29, 0.717) is 5.41 Å². The van der Waals surface area contributed by atoms with E-state index in [1.54, 1.807) is 11.1 Å². The number of fused-ring (bicyclic) bond motifs is 1. The molecule has 0 radical (unpaired) electrons. The molecule has 0 aromatic heterocycles. The molecule has 0 atom stereocenters. The van der Waals surface area contributed by atoms with E-state index in [0.717, 1.165) is 0 Å². The molecule has 1 aliphatic rings. The minimum atomic E-state index is 0.554. The summed E-state index contributed by atoms with van der Waals surface area (Å²) in [5.41, 5.74) is 3.72. The van der Waals surface area contributed by atoms with Gasteiger partial charge in [-0.25, -0.2) is 0 Å². The van der Waals surface area contributed by atoms with Gasteiger partial charge in [-0.05, 0) is 35.8 Å². The van der Waals surface area contributed by atoms with Crippen molar-refractivity contribution in [1.82, 2.24) is 0 Å². The van der Waals surface area contributed by atoms with Gasteiger partial charge in [-0.3, -0.25) is 0 Å². The van der Waals surface area contributed by atoms with Crippen LogP contribution in [0.25, 0.3) is 0 Å². The van der Waals surface area contributed by atoms with Crippen LogP contribution in [0.3, 0.4) is 0 Å². The summed E-state index contributed by atoms with van der Waals surface area (Å²) < 4.78 is 0. The highest BCUT2D eigenvalue weighted by Gasteiger charge is 2.31. The smallest absolute Gasteiger partial charge is 0.0219 e. The van der Waals surface area contributed by atoms with Crippen molar-refractivity contribution in [3.8, 4) is 0 Å². The third-order valence-electron chi connectivity index (χ3n) is 3.21. The first-order chi connectivity index (χ1) is 6.23. The molecule has 0 bridgehead atoms. The first-order valence-electron chi connectivity index (χ1n) is 5.30. The lowest BCUT2D eigenvalue weighted by Gasteiger charge is -2.22. The number of rotatable bonds is 2. The van der Waals surface area contributed by atoms with E-state index in [9.17, 15) is 0 Å². The molecule has 70 valence electrons. The Morgan fingerprint density at radius 1 is 1.15 bits per heavy atom. The lowest BCUT2D eigenvalue weighted by Crippen LogP contribution is -2.15. The number of hydrogen-bond donors (Lipinski definition) is 0. The normalized spacial score (nSPS) is 18.6. The standard InChI is InChI=1S/C13H18/c1-3-8-13(2)9-11-6-4-5-7-12(11)10-13/h4-7H,3,8-10H2,1-2H3. The third-order valence-corrected chi connectivity index (χ3v) is 3.21. The molecule has 0 unspecified atom stereocenters. The molecule has 2 rings (SSSR count). The Morgan fingerprint density at radius 2 is 1.69 bits per heavy atom. The van der Waals surface area contributed by atoms with Crippen LogP contribution in [0.5, 0.6) is 0 Å². The third kappa shape index (κ3) is 1.63. The number of hydrogen-bond acceptors (Lipinski definition) is 0. The lowest BCUT2D eigenvalue weighted by atomic mass is 9.83. The van der Waals surface area contributed by atoms with Crippen LogP contribution >= 0.6 is 0 Å². The van der Waals surface area contributed by atoms with E-state index >= 15 is 0 Å². The van der Waals surface area contributed by atoms with Gasteiger partial charge in [0.1, 0.15) is 0 Å². The van der Waals surface area contributed by atoms with Crippen molar-refractivity contribution >= 4 is 0 Å². The molecule has 1 aliphatic carbocycles. The summed E-state index contributed by atoms with van der Waals surface area (Å²) in [5.74, 6) is 0.